The Kier molecular flexibility index (Phi) is 7.26. The second kappa shape index (κ2) is 10.7. The largest absolute Gasteiger partial charge is 0.493 e. The van der Waals surface area contributed by atoms with Crippen LogP contribution in [0.2, 0.25) is 0 Å². The Hall–Kier alpha value is -4.08. The number of hydrogen-bond donors (Lipinski definition) is 4. The van der Waals surface area contributed by atoms with Gasteiger partial charge in [-0.25, -0.2) is 0 Å². The molecular weight excluding hydrogens is 432 g/mol. The number of aromatic nitrogens is 3. The molecule has 0 spiro atoms. The molecule has 1 aliphatic rings. The van der Waals surface area contributed by atoms with E-state index in [4.69, 9.17) is 9.47 Å². The zero-order valence-electron chi connectivity index (χ0n) is 19.8. The summed E-state index contributed by atoms with van der Waals surface area (Å²) in [5, 5.41) is 14.1. The highest BCUT2D eigenvalue weighted by Crippen LogP contribution is 2.33. The van der Waals surface area contributed by atoms with Crippen LogP contribution in [0.5, 0.6) is 11.5 Å². The van der Waals surface area contributed by atoms with E-state index in [1.165, 1.54) is 0 Å². The lowest BCUT2D eigenvalue weighted by atomic mass is 9.98. The second-order valence-corrected chi connectivity index (χ2v) is 7.63. The summed E-state index contributed by atoms with van der Waals surface area (Å²) >= 11 is 0. The van der Waals surface area contributed by atoms with E-state index < -0.39 is 0 Å². The fourth-order valence-corrected chi connectivity index (χ4v) is 3.67. The average Bonchev–Trinajstić information content (AvgIpc) is 3.35. The molecule has 178 valence electrons. The molecule has 1 aromatic heterocycles. The lowest BCUT2D eigenvalue weighted by Crippen LogP contribution is -2.11. The molecule has 10 heteroatoms. The van der Waals surface area contributed by atoms with Gasteiger partial charge >= 0.3 is 0 Å². The minimum absolute atomic E-state index is 0.0757. The molecule has 0 bridgehead atoms. The summed E-state index contributed by atoms with van der Waals surface area (Å²) in [6, 6.07) is 14.1. The summed E-state index contributed by atoms with van der Waals surface area (Å²) in [5.41, 5.74) is 7.26. The first-order valence-corrected chi connectivity index (χ1v) is 11.3. The van der Waals surface area contributed by atoms with Crippen LogP contribution in [0.4, 0.5) is 23.5 Å². The van der Waals surface area contributed by atoms with E-state index in [-0.39, 0.29) is 6.04 Å². The van der Waals surface area contributed by atoms with Gasteiger partial charge in [-0.3, -0.25) is 0 Å². The summed E-state index contributed by atoms with van der Waals surface area (Å²) in [4.78, 5) is 13.2. The molecule has 2 heterocycles. The predicted octanol–water partition coefficient (Wildman–Crippen LogP) is 3.93. The minimum atomic E-state index is 0.0757. The van der Waals surface area contributed by atoms with E-state index in [0.29, 0.717) is 29.3 Å². The Morgan fingerprint density at radius 3 is 2.12 bits per heavy atom. The number of nitrogens with zero attached hydrogens (tertiary/aromatic N) is 4. The number of rotatable bonds is 10. The molecule has 1 aliphatic heterocycles. The highest BCUT2D eigenvalue weighted by Gasteiger charge is 2.22. The fraction of sp³-hybridized carbons (Fsp3) is 0.333. The second-order valence-electron chi connectivity index (χ2n) is 7.63. The van der Waals surface area contributed by atoms with Gasteiger partial charge in [0.15, 0.2) is 11.5 Å². The normalized spacial score (nSPS) is 14.7. The molecule has 2 aromatic carbocycles. The zero-order chi connectivity index (χ0) is 23.9. The van der Waals surface area contributed by atoms with E-state index in [1.807, 2.05) is 56.3 Å². The molecule has 0 fully saturated rings. The molecule has 1 unspecified atom stereocenters. The van der Waals surface area contributed by atoms with Crippen molar-refractivity contribution in [3.05, 3.63) is 53.6 Å². The number of nitrogens with one attached hydrogen (secondary N) is 4. The van der Waals surface area contributed by atoms with Crippen LogP contribution in [0.1, 0.15) is 37.4 Å². The van der Waals surface area contributed by atoms with E-state index in [9.17, 15) is 0 Å². The van der Waals surface area contributed by atoms with Crippen LogP contribution >= 0.6 is 0 Å². The first-order chi connectivity index (χ1) is 16.6. The highest BCUT2D eigenvalue weighted by atomic mass is 16.5. The Bertz CT molecular complexity index is 1130. The van der Waals surface area contributed by atoms with Gasteiger partial charge in [0, 0.05) is 25.2 Å². The average molecular weight is 463 g/mol. The van der Waals surface area contributed by atoms with Gasteiger partial charge in [0.2, 0.25) is 17.8 Å². The van der Waals surface area contributed by atoms with Gasteiger partial charge in [-0.05, 0) is 49.2 Å². The Morgan fingerprint density at radius 2 is 1.50 bits per heavy atom. The molecule has 0 saturated carbocycles. The predicted molar refractivity (Wildman–Crippen MR) is 134 cm³/mol. The highest BCUT2D eigenvalue weighted by molar-refractivity contribution is 6.02. The SMILES string of the molecule is CCNc1nc(NCC)nc(Nc2ccc(C3=NNC(c4ccc(OC)c(OC)c4)C3)cc2)n1. The summed E-state index contributed by atoms with van der Waals surface area (Å²) in [5.74, 6) is 2.95. The maximum absolute atomic E-state index is 5.43. The molecular formula is C24H30N8O2. The van der Waals surface area contributed by atoms with Gasteiger partial charge in [0.05, 0.1) is 26.0 Å². The molecule has 3 aromatic rings. The van der Waals surface area contributed by atoms with Crippen LogP contribution in [0.25, 0.3) is 0 Å². The van der Waals surface area contributed by atoms with Crippen LogP contribution in [-0.2, 0) is 0 Å². The number of benzene rings is 2. The molecule has 0 saturated heterocycles. The topological polar surface area (TPSA) is 118 Å². The van der Waals surface area contributed by atoms with Crippen molar-refractivity contribution < 1.29 is 9.47 Å². The van der Waals surface area contributed by atoms with Gasteiger partial charge < -0.3 is 30.8 Å². The summed E-state index contributed by atoms with van der Waals surface area (Å²) in [6.45, 7) is 5.45. The summed E-state index contributed by atoms with van der Waals surface area (Å²) < 4.78 is 10.8. The van der Waals surface area contributed by atoms with Gasteiger partial charge in [0.25, 0.3) is 0 Å². The lowest BCUT2D eigenvalue weighted by Gasteiger charge is -2.14. The molecule has 1 atom stereocenters. The Labute approximate surface area is 199 Å². The molecule has 34 heavy (non-hydrogen) atoms. The molecule has 0 aliphatic carbocycles. The first kappa shape index (κ1) is 23.1. The maximum atomic E-state index is 5.43. The number of ether oxygens (including phenoxy) is 2. The summed E-state index contributed by atoms with van der Waals surface area (Å²) in [6.07, 6.45) is 0.772. The quantitative estimate of drug-likeness (QED) is 0.355. The molecule has 0 amide bonds. The first-order valence-electron chi connectivity index (χ1n) is 11.3. The Morgan fingerprint density at radius 1 is 0.853 bits per heavy atom. The third-order valence-corrected chi connectivity index (χ3v) is 5.34. The number of hydrazone groups is 1. The molecule has 4 rings (SSSR count). The van der Waals surface area contributed by atoms with Crippen LogP contribution in [0.15, 0.2) is 47.6 Å². The Balaban J connectivity index is 1.43. The van der Waals surface area contributed by atoms with Crippen molar-refractivity contribution in [3.63, 3.8) is 0 Å². The van der Waals surface area contributed by atoms with Gasteiger partial charge in [0.1, 0.15) is 0 Å². The van der Waals surface area contributed by atoms with Crippen LogP contribution in [0, 0.1) is 0 Å². The smallest absolute Gasteiger partial charge is 0.233 e. The minimum Gasteiger partial charge on any atom is -0.493 e. The number of anilines is 4. The molecule has 0 radical (unpaired) electrons. The van der Waals surface area contributed by atoms with Crippen molar-refractivity contribution >= 4 is 29.2 Å². The monoisotopic (exact) mass is 462 g/mol. The van der Waals surface area contributed by atoms with E-state index in [2.05, 4.69) is 41.4 Å². The molecule has 4 N–H and O–H groups in total. The van der Waals surface area contributed by atoms with Gasteiger partial charge in [-0.2, -0.15) is 20.1 Å². The van der Waals surface area contributed by atoms with Crippen LogP contribution in [0.3, 0.4) is 0 Å². The van der Waals surface area contributed by atoms with Crippen LogP contribution in [-0.4, -0.2) is 48.0 Å². The van der Waals surface area contributed by atoms with Gasteiger partial charge in [-0.15, -0.1) is 0 Å². The van der Waals surface area contributed by atoms with Crippen molar-refractivity contribution in [3.8, 4) is 11.5 Å². The van der Waals surface area contributed by atoms with Gasteiger partial charge in [-0.1, -0.05) is 18.2 Å². The molecule has 10 nitrogen and oxygen atoms in total. The number of methoxy groups -OCH3 is 2. The van der Waals surface area contributed by atoms with Crippen molar-refractivity contribution in [1.29, 1.82) is 0 Å². The van der Waals surface area contributed by atoms with E-state index in [0.717, 1.165) is 42.0 Å². The maximum Gasteiger partial charge on any atom is 0.233 e. The third kappa shape index (κ3) is 5.28. The zero-order valence-corrected chi connectivity index (χ0v) is 19.8. The standard InChI is InChI=1S/C24H30N8O2/c1-5-25-22-28-23(26-6-2)30-24(29-22)27-17-10-7-15(8-11-17)18-14-19(32-31-18)16-9-12-20(33-3)21(13-16)34-4/h7-13,19,32H,5-6,14H2,1-4H3,(H3,25,26,27,28,29,30). The third-order valence-electron chi connectivity index (χ3n) is 5.34. The fourth-order valence-electron chi connectivity index (χ4n) is 3.67. The van der Waals surface area contributed by atoms with E-state index in [1.54, 1.807) is 14.2 Å². The van der Waals surface area contributed by atoms with Crippen molar-refractivity contribution in [2.75, 3.05) is 43.3 Å². The van der Waals surface area contributed by atoms with Crippen LogP contribution < -0.4 is 30.8 Å². The van der Waals surface area contributed by atoms with Crippen molar-refractivity contribution in [1.82, 2.24) is 20.4 Å². The lowest BCUT2D eigenvalue weighted by molar-refractivity contribution is 0.354. The van der Waals surface area contributed by atoms with Crippen molar-refractivity contribution in [2.24, 2.45) is 5.10 Å². The summed E-state index contributed by atoms with van der Waals surface area (Å²) in [7, 11) is 3.27. The van der Waals surface area contributed by atoms with E-state index >= 15 is 0 Å². The number of hydrogen-bond acceptors (Lipinski definition) is 10. The van der Waals surface area contributed by atoms with Crippen molar-refractivity contribution in [2.45, 2.75) is 26.3 Å².